The van der Waals surface area contributed by atoms with Crippen molar-refractivity contribution in [3.63, 3.8) is 0 Å². The Kier molecular flexibility index (Phi) is 2.47. The summed E-state index contributed by atoms with van der Waals surface area (Å²) >= 11 is 0. The van der Waals surface area contributed by atoms with Crippen LogP contribution < -0.4 is 15.7 Å². The molecule has 2 atom stereocenters. The van der Waals surface area contributed by atoms with E-state index in [-0.39, 0.29) is 5.31 Å². The van der Waals surface area contributed by atoms with Crippen molar-refractivity contribution in [2.24, 2.45) is 11.3 Å². The predicted molar refractivity (Wildman–Crippen MR) is 112 cm³/mol. The van der Waals surface area contributed by atoms with E-state index < -0.39 is 57.0 Å². The first-order chi connectivity index (χ1) is 16.3. The van der Waals surface area contributed by atoms with Gasteiger partial charge in [0.25, 0.3) is 8.32 Å². The number of benzene rings is 2. The number of nitrogens with one attached hydrogen (secondary N) is 1. The van der Waals surface area contributed by atoms with Gasteiger partial charge in [-0.05, 0) is 40.5 Å². The predicted octanol–water partition coefficient (Wildman–Crippen LogP) is 3.56. The minimum absolute atomic E-state index is 0.146. The normalized spacial score (nSPS) is 42.6. The van der Waals surface area contributed by atoms with E-state index in [0.717, 1.165) is 10.4 Å². The van der Waals surface area contributed by atoms with Gasteiger partial charge in [-0.1, -0.05) is 81.4 Å². The molecule has 2 aliphatic rings. The van der Waals surface area contributed by atoms with Gasteiger partial charge >= 0.3 is 0 Å². The summed E-state index contributed by atoms with van der Waals surface area (Å²) in [4.78, 5) is 0. The Morgan fingerprint density at radius 2 is 1.73 bits per heavy atom. The number of hydrogen-bond donors (Lipinski definition) is 1. The highest BCUT2D eigenvalue weighted by Crippen LogP contribution is 2.56. The van der Waals surface area contributed by atoms with Crippen molar-refractivity contribution in [3.05, 3.63) is 60.7 Å². The van der Waals surface area contributed by atoms with Crippen LogP contribution >= 0.6 is 0 Å². The molecule has 1 aliphatic heterocycles. The van der Waals surface area contributed by atoms with Crippen LogP contribution in [0.1, 0.15) is 45.9 Å². The van der Waals surface area contributed by atoms with E-state index in [2.05, 4.69) is 0 Å². The molecule has 2 aromatic rings. The Morgan fingerprint density at radius 3 is 2.27 bits per heavy atom. The van der Waals surface area contributed by atoms with Crippen molar-refractivity contribution in [3.8, 4) is 0 Å². The maximum Gasteiger partial charge on any atom is 0.261 e. The van der Waals surface area contributed by atoms with E-state index in [1.807, 2.05) is 81.4 Å². The second-order valence-electron chi connectivity index (χ2n) is 7.82. The Labute approximate surface area is 173 Å². The summed E-state index contributed by atoms with van der Waals surface area (Å²) in [5, 5.41) is 0.990. The smallest absolute Gasteiger partial charge is 0.261 e. The molecule has 0 bridgehead atoms. The molecule has 0 spiro atoms. The summed E-state index contributed by atoms with van der Waals surface area (Å²) in [5.41, 5.74) is -2.46. The maximum atomic E-state index is 8.92. The van der Waals surface area contributed by atoms with E-state index in [1.54, 1.807) is 0 Å². The highest BCUT2D eigenvalue weighted by atomic mass is 28.4. The van der Waals surface area contributed by atoms with Crippen LogP contribution in [0.5, 0.6) is 0 Å². The van der Waals surface area contributed by atoms with Crippen LogP contribution in [-0.4, -0.2) is 27.9 Å². The van der Waals surface area contributed by atoms with Crippen LogP contribution in [0.25, 0.3) is 0 Å². The van der Waals surface area contributed by atoms with Gasteiger partial charge in [0.15, 0.2) is 0 Å². The van der Waals surface area contributed by atoms with Gasteiger partial charge in [-0.25, -0.2) is 0 Å². The number of rotatable bonds is 5. The highest BCUT2D eigenvalue weighted by Gasteiger charge is 2.58. The summed E-state index contributed by atoms with van der Waals surface area (Å²) in [6.07, 6.45) is -6.02. The van der Waals surface area contributed by atoms with Crippen molar-refractivity contribution in [2.45, 2.75) is 38.6 Å². The van der Waals surface area contributed by atoms with Crippen molar-refractivity contribution in [1.82, 2.24) is 5.31 Å². The zero-order chi connectivity index (χ0) is 27.2. The van der Waals surface area contributed by atoms with E-state index in [9.17, 15) is 0 Å². The minimum atomic E-state index is -3.33. The Hall–Kier alpha value is -1.42. The zero-order valence-electron chi connectivity index (χ0n) is 25.3. The second kappa shape index (κ2) is 6.63. The average molecular weight is 376 g/mol. The Bertz CT molecular complexity index is 1100. The molecule has 2 nitrogen and oxygen atoms in total. The summed E-state index contributed by atoms with van der Waals surface area (Å²) in [7, 11) is -3.33. The van der Waals surface area contributed by atoms with Crippen LogP contribution in [0.2, 0.25) is 6.45 Å². The van der Waals surface area contributed by atoms with Crippen molar-refractivity contribution in [2.75, 3.05) is 19.6 Å². The average Bonchev–Trinajstić information content (AvgIpc) is 3.22. The van der Waals surface area contributed by atoms with E-state index in [1.165, 1.54) is 0 Å². The molecule has 4 rings (SSSR count). The first kappa shape index (κ1) is 9.68. The quantitative estimate of drug-likeness (QED) is 0.807. The molecule has 26 heavy (non-hydrogen) atoms. The standard InChI is InChI=1S/C23H31NOSi/c1-22(2,3)26(20-10-6-4-7-11-20,21-12-8-5-9-13-21)25-18-23-16-19(23)14-15-24-17-23/h4-13,19,24H,14-18H2,1-3H3/t19-,23+/m0/s1/i14D2,15D2,16D2,17D2,19D/hD. The van der Waals surface area contributed by atoms with Crippen molar-refractivity contribution < 1.29 is 18.2 Å². The molecule has 2 aromatic carbocycles. The lowest BCUT2D eigenvalue weighted by molar-refractivity contribution is 0.190. The maximum absolute atomic E-state index is 8.92. The van der Waals surface area contributed by atoms with Crippen LogP contribution in [-0.2, 0) is 4.43 Å². The van der Waals surface area contributed by atoms with E-state index >= 15 is 0 Å². The molecule has 1 saturated carbocycles. The van der Waals surface area contributed by atoms with Gasteiger partial charge < -0.3 is 9.74 Å². The fraction of sp³-hybridized carbons (Fsp3) is 0.478. The fourth-order valence-corrected chi connectivity index (χ4v) is 8.32. The first-order valence-corrected chi connectivity index (χ1v) is 10.8. The molecular weight excluding hydrogens is 334 g/mol. The van der Waals surface area contributed by atoms with Crippen LogP contribution in [0.15, 0.2) is 60.7 Å². The molecule has 1 aliphatic carbocycles. The molecule has 0 amide bonds. The summed E-state index contributed by atoms with van der Waals surface area (Å²) in [5.74, 6) is -2.83. The summed E-state index contributed by atoms with van der Waals surface area (Å²) in [6.45, 7) is -1.04. The molecule has 2 fully saturated rings. The molecule has 0 aromatic heterocycles. The zero-order valence-corrected chi connectivity index (χ0v) is 16.3. The van der Waals surface area contributed by atoms with E-state index in [4.69, 9.17) is 18.2 Å². The van der Waals surface area contributed by atoms with Gasteiger partial charge in [0.2, 0.25) is 0 Å². The molecular formula is C23H31NOSi. The van der Waals surface area contributed by atoms with Gasteiger partial charge in [0, 0.05) is 30.9 Å². The monoisotopic (exact) mass is 375 g/mol. The van der Waals surface area contributed by atoms with E-state index in [0.29, 0.717) is 0 Å². The lowest BCUT2D eigenvalue weighted by atomic mass is 10.0. The van der Waals surface area contributed by atoms with Gasteiger partial charge in [-0.15, -0.1) is 0 Å². The Morgan fingerprint density at radius 1 is 1.15 bits per heavy atom. The van der Waals surface area contributed by atoms with Gasteiger partial charge in [-0.3, -0.25) is 0 Å². The fourth-order valence-electron chi connectivity index (χ4n) is 3.73. The number of fused-ring (bicyclic) bond motifs is 1. The van der Waals surface area contributed by atoms with Gasteiger partial charge in [0.05, 0.1) is 0 Å². The van der Waals surface area contributed by atoms with Gasteiger partial charge in [-0.2, -0.15) is 0 Å². The summed E-state index contributed by atoms with van der Waals surface area (Å²) in [6, 6.07) is 18.8. The summed E-state index contributed by atoms with van der Waals surface area (Å²) < 4.78 is 91.7. The van der Waals surface area contributed by atoms with Crippen LogP contribution in [0.3, 0.4) is 0 Å². The lowest BCUT2D eigenvalue weighted by Crippen LogP contribution is -2.67. The second-order valence-corrected chi connectivity index (χ2v) is 12.1. The third-order valence-corrected chi connectivity index (χ3v) is 10.1. The molecule has 0 unspecified atom stereocenters. The minimum Gasteiger partial charge on any atom is -0.407 e. The molecule has 1 N–H and O–H groups in total. The van der Waals surface area contributed by atoms with Crippen molar-refractivity contribution in [1.29, 1.82) is 0 Å². The molecule has 3 heteroatoms. The SMILES string of the molecule is [2H]N1C([2H])([2H])C([2H])([2H])[C@@]2([2H])C([2H])([2H])[C@]2(CO[Si](c2ccccc2)(c2ccccc2)C(C)(C)C)C1([2H])[2H]. The van der Waals surface area contributed by atoms with Gasteiger partial charge in [0.1, 0.15) is 1.41 Å². The third kappa shape index (κ3) is 2.96. The number of piperidine rings is 1. The third-order valence-electron chi connectivity index (χ3n) is 5.11. The molecule has 1 heterocycles. The van der Waals surface area contributed by atoms with Crippen LogP contribution in [0.4, 0.5) is 0 Å². The molecule has 1 saturated heterocycles. The largest absolute Gasteiger partial charge is 0.407 e. The topological polar surface area (TPSA) is 21.3 Å². The molecule has 0 radical (unpaired) electrons. The van der Waals surface area contributed by atoms with Crippen LogP contribution in [0, 0.1) is 11.3 Å². The Balaban J connectivity index is 1.93. The number of hydrogen-bond acceptors (Lipinski definition) is 2. The highest BCUT2D eigenvalue weighted by molar-refractivity contribution is 6.99. The first-order valence-electron chi connectivity index (χ1n) is 13.8. The molecule has 138 valence electrons. The lowest BCUT2D eigenvalue weighted by Gasteiger charge is -2.44. The van der Waals surface area contributed by atoms with Crippen molar-refractivity contribution >= 4 is 18.7 Å².